The molecule has 0 bridgehead atoms. The van der Waals surface area contributed by atoms with Gasteiger partial charge in [-0.3, -0.25) is 14.4 Å². The molecule has 0 saturated carbocycles. The summed E-state index contributed by atoms with van der Waals surface area (Å²) in [5, 5.41) is 47.2. The first-order valence-corrected chi connectivity index (χ1v) is 15.1. The summed E-state index contributed by atoms with van der Waals surface area (Å²) < 4.78 is 0. The van der Waals surface area contributed by atoms with Gasteiger partial charge in [-0.25, -0.2) is 0 Å². The molecule has 7 heteroatoms. The normalized spacial score (nSPS) is 28.8. The van der Waals surface area contributed by atoms with E-state index in [1.54, 1.807) is 6.92 Å². The van der Waals surface area contributed by atoms with Crippen LogP contribution in [0.1, 0.15) is 94.8 Å². The molecule has 0 aliphatic heterocycles. The smallest absolute Gasteiger partial charge is 0.209 e. The predicted molar refractivity (Wildman–Crippen MR) is 164 cm³/mol. The zero-order valence-electron chi connectivity index (χ0n) is 26.3. The number of benzene rings is 2. The predicted octanol–water partition coefficient (Wildman–Crippen LogP) is 6.70. The molecule has 1 unspecified atom stereocenters. The third-order valence-electron chi connectivity index (χ3n) is 10.3. The van der Waals surface area contributed by atoms with Gasteiger partial charge in [0.25, 0.3) is 0 Å². The number of hydrogen-bond donors (Lipinski definition) is 4. The van der Waals surface area contributed by atoms with Crippen molar-refractivity contribution in [3.8, 4) is 16.9 Å². The lowest BCUT2D eigenvalue weighted by Crippen LogP contribution is -2.67. The highest BCUT2D eigenvalue weighted by atomic mass is 16.3. The Morgan fingerprint density at radius 2 is 1.63 bits per heavy atom. The quantitative estimate of drug-likeness (QED) is 0.287. The third-order valence-corrected chi connectivity index (χ3v) is 10.3. The van der Waals surface area contributed by atoms with Crippen LogP contribution in [0.2, 0.25) is 0 Å². The van der Waals surface area contributed by atoms with Crippen molar-refractivity contribution >= 4 is 17.3 Å². The fourth-order valence-electron chi connectivity index (χ4n) is 8.48. The SMILES string of the molecule is CCc1ccc(-c2cc(C(C)C)c3c(c2O)C(=O)C2=C(O)[C@@]4(O)C(=O)C(C(C)=O)=C(O)C(C(C)C)[C@@]4(C)C[C@@]2(C)C3)cc1. The van der Waals surface area contributed by atoms with Gasteiger partial charge in [0.05, 0.1) is 5.56 Å². The van der Waals surface area contributed by atoms with E-state index in [0.29, 0.717) is 11.1 Å². The molecule has 3 aliphatic rings. The number of Topliss-reactive ketones (excluding diaryl/α,β-unsaturated/α-hetero) is 3. The molecule has 0 saturated heterocycles. The summed E-state index contributed by atoms with van der Waals surface area (Å²) in [5.74, 6) is -5.07. The number of aromatic hydroxyl groups is 1. The number of allylic oxidation sites excluding steroid dienone is 2. The summed E-state index contributed by atoms with van der Waals surface area (Å²) >= 11 is 0. The van der Waals surface area contributed by atoms with Crippen molar-refractivity contribution in [2.75, 3.05) is 0 Å². The molecule has 43 heavy (non-hydrogen) atoms. The van der Waals surface area contributed by atoms with E-state index in [0.717, 1.165) is 30.0 Å². The van der Waals surface area contributed by atoms with E-state index < -0.39 is 51.0 Å². The molecule has 0 radical (unpaired) electrons. The minimum atomic E-state index is -2.62. The minimum Gasteiger partial charge on any atom is -0.511 e. The molecule has 2 aromatic rings. The first kappa shape index (κ1) is 30.7. The van der Waals surface area contributed by atoms with E-state index in [1.807, 2.05) is 65.0 Å². The highest BCUT2D eigenvalue weighted by Crippen LogP contribution is 2.65. The Morgan fingerprint density at radius 3 is 2.14 bits per heavy atom. The number of carbonyl (C=O) groups is 3. The van der Waals surface area contributed by atoms with Crippen LogP contribution < -0.4 is 0 Å². The standard InChI is InChI=1S/C36H42O7/c1-9-20-10-12-21(13-11-20)23-14-22(17(2)3)24-15-34(7)16-35(8)27(18(4)5)30(39)25(19(6)37)32(41)36(35,43)33(42)28(34)31(40)26(24)29(23)38/h10-14,17-18,27,38-39,42-43H,9,15-16H2,1-8H3/t27?,34-,35-,36+/m1/s1. The molecule has 7 nitrogen and oxygen atoms in total. The topological polar surface area (TPSA) is 132 Å². The van der Waals surface area contributed by atoms with Crippen molar-refractivity contribution < 1.29 is 34.8 Å². The zero-order valence-corrected chi connectivity index (χ0v) is 26.3. The number of aliphatic hydroxyl groups is 3. The molecule has 2 aromatic carbocycles. The summed E-state index contributed by atoms with van der Waals surface area (Å²) in [7, 11) is 0. The van der Waals surface area contributed by atoms with Crippen LogP contribution in [-0.2, 0) is 22.4 Å². The number of phenols is 1. The monoisotopic (exact) mass is 586 g/mol. The Balaban J connectivity index is 1.81. The van der Waals surface area contributed by atoms with Crippen LogP contribution in [0.5, 0.6) is 5.75 Å². The average molecular weight is 587 g/mol. The summed E-state index contributed by atoms with van der Waals surface area (Å²) in [5.41, 5.74) is -1.82. The lowest BCUT2D eigenvalue weighted by atomic mass is 9.44. The van der Waals surface area contributed by atoms with E-state index in [4.69, 9.17) is 0 Å². The molecule has 4 atom stereocenters. The van der Waals surface area contributed by atoms with Gasteiger partial charge >= 0.3 is 0 Å². The fourth-order valence-corrected chi connectivity index (χ4v) is 8.48. The summed E-state index contributed by atoms with van der Waals surface area (Å²) in [6, 6.07) is 9.69. The molecule has 0 heterocycles. The van der Waals surface area contributed by atoms with E-state index in [2.05, 4.69) is 6.92 Å². The first-order chi connectivity index (χ1) is 20.0. The molecule has 0 aromatic heterocycles. The van der Waals surface area contributed by atoms with Gasteiger partial charge in [-0.15, -0.1) is 0 Å². The van der Waals surface area contributed by atoms with Gasteiger partial charge in [0.1, 0.15) is 22.8 Å². The van der Waals surface area contributed by atoms with Crippen LogP contribution in [0.25, 0.3) is 11.1 Å². The van der Waals surface area contributed by atoms with Gasteiger partial charge in [-0.1, -0.05) is 72.7 Å². The molecule has 0 spiro atoms. The number of hydrogen-bond acceptors (Lipinski definition) is 7. The molecule has 228 valence electrons. The molecule has 3 aliphatic carbocycles. The summed E-state index contributed by atoms with van der Waals surface area (Å²) in [6.45, 7) is 14.3. The van der Waals surface area contributed by atoms with Crippen LogP contribution in [-0.4, -0.2) is 43.4 Å². The Kier molecular flexibility index (Phi) is 7.09. The first-order valence-electron chi connectivity index (χ1n) is 15.1. The number of aryl methyl sites for hydroxylation is 1. The number of aliphatic hydroxyl groups excluding tert-OH is 2. The molecular weight excluding hydrogens is 544 g/mol. The number of phenolic OH excluding ortho intramolecular Hbond substituents is 1. The third kappa shape index (κ3) is 4.00. The number of rotatable bonds is 5. The maximum atomic E-state index is 14.5. The molecular formula is C36H42O7. The Morgan fingerprint density at radius 1 is 1.02 bits per heavy atom. The fraction of sp³-hybridized carbons (Fsp3) is 0.472. The van der Waals surface area contributed by atoms with Gasteiger partial charge in [-0.05, 0) is 66.3 Å². The van der Waals surface area contributed by atoms with Crippen LogP contribution >= 0.6 is 0 Å². The van der Waals surface area contributed by atoms with E-state index >= 15 is 0 Å². The zero-order chi connectivity index (χ0) is 32.0. The molecule has 5 rings (SSSR count). The number of fused-ring (bicyclic) bond motifs is 3. The van der Waals surface area contributed by atoms with Gasteiger partial charge in [0.2, 0.25) is 5.78 Å². The maximum absolute atomic E-state index is 14.5. The van der Waals surface area contributed by atoms with Crippen molar-refractivity contribution in [2.24, 2.45) is 22.7 Å². The van der Waals surface area contributed by atoms with Crippen molar-refractivity contribution in [1.29, 1.82) is 0 Å². The number of ketones is 3. The summed E-state index contributed by atoms with van der Waals surface area (Å²) in [4.78, 5) is 41.0. The van der Waals surface area contributed by atoms with Crippen LogP contribution in [0.4, 0.5) is 0 Å². The second-order valence-electron chi connectivity index (χ2n) is 13.9. The number of carbonyl (C=O) groups excluding carboxylic acids is 3. The molecule has 0 amide bonds. The van der Waals surface area contributed by atoms with Crippen LogP contribution in [0.15, 0.2) is 53.0 Å². The van der Waals surface area contributed by atoms with E-state index in [1.165, 1.54) is 0 Å². The van der Waals surface area contributed by atoms with Gasteiger partial charge in [0, 0.05) is 27.9 Å². The largest absolute Gasteiger partial charge is 0.511 e. The van der Waals surface area contributed by atoms with Crippen LogP contribution in [0.3, 0.4) is 0 Å². The Bertz CT molecular complexity index is 1640. The van der Waals surface area contributed by atoms with Crippen molar-refractivity contribution in [1.82, 2.24) is 0 Å². The summed E-state index contributed by atoms with van der Waals surface area (Å²) in [6.07, 6.45) is 1.19. The van der Waals surface area contributed by atoms with Gasteiger partial charge < -0.3 is 20.4 Å². The second-order valence-corrected chi connectivity index (χ2v) is 13.9. The second kappa shape index (κ2) is 9.91. The van der Waals surface area contributed by atoms with Crippen molar-refractivity contribution in [3.05, 3.63) is 75.3 Å². The van der Waals surface area contributed by atoms with Crippen LogP contribution in [0, 0.1) is 22.7 Å². The van der Waals surface area contributed by atoms with Gasteiger partial charge in [-0.2, -0.15) is 0 Å². The van der Waals surface area contributed by atoms with E-state index in [9.17, 15) is 34.8 Å². The Hall–Kier alpha value is -3.71. The Labute approximate surface area is 253 Å². The highest BCUT2D eigenvalue weighted by Gasteiger charge is 2.71. The lowest BCUT2D eigenvalue weighted by Gasteiger charge is -2.59. The van der Waals surface area contributed by atoms with Crippen molar-refractivity contribution in [2.45, 2.75) is 86.2 Å². The average Bonchev–Trinajstić information content (AvgIpc) is 2.90. The highest BCUT2D eigenvalue weighted by molar-refractivity contribution is 6.25. The molecule has 0 fully saturated rings. The van der Waals surface area contributed by atoms with E-state index in [-0.39, 0.29) is 47.3 Å². The maximum Gasteiger partial charge on any atom is 0.209 e. The molecule has 4 N–H and O–H groups in total. The lowest BCUT2D eigenvalue weighted by molar-refractivity contribution is -0.171. The van der Waals surface area contributed by atoms with Gasteiger partial charge in [0.15, 0.2) is 17.2 Å². The van der Waals surface area contributed by atoms with Crippen molar-refractivity contribution in [3.63, 3.8) is 0 Å². The minimum absolute atomic E-state index is 0.000533.